The third-order valence-corrected chi connectivity index (χ3v) is 3.56. The van der Waals surface area contributed by atoms with Gasteiger partial charge < -0.3 is 15.5 Å². The molecule has 0 radical (unpaired) electrons. The highest BCUT2D eigenvalue weighted by atomic mass is 15.2. The van der Waals surface area contributed by atoms with Crippen LogP contribution in [0.15, 0.2) is 6.07 Å². The number of aryl methyl sites for hydroxylation is 1. The summed E-state index contributed by atoms with van der Waals surface area (Å²) in [6.45, 7) is 10.7. The molecule has 1 atom stereocenters. The van der Waals surface area contributed by atoms with Crippen LogP contribution in [0.1, 0.15) is 38.8 Å². The van der Waals surface area contributed by atoms with Crippen molar-refractivity contribution in [1.29, 1.82) is 0 Å². The molecule has 1 aromatic rings. The molecule has 1 unspecified atom stereocenters. The van der Waals surface area contributed by atoms with Crippen LogP contribution < -0.4 is 10.6 Å². The zero-order valence-corrected chi connectivity index (χ0v) is 12.9. The average molecular weight is 277 g/mol. The van der Waals surface area contributed by atoms with E-state index >= 15 is 0 Å². The Bertz CT molecular complexity index is 415. The number of anilines is 2. The number of nitrogens with zero attached hydrogens (tertiary/aromatic N) is 3. The second kappa shape index (κ2) is 7.43. The summed E-state index contributed by atoms with van der Waals surface area (Å²) in [5, 5.41) is 6.67. The van der Waals surface area contributed by atoms with E-state index in [2.05, 4.69) is 39.3 Å². The van der Waals surface area contributed by atoms with Gasteiger partial charge in [0.15, 0.2) is 0 Å². The Morgan fingerprint density at radius 2 is 2.00 bits per heavy atom. The van der Waals surface area contributed by atoms with Crippen molar-refractivity contribution in [2.75, 3.05) is 36.8 Å². The standard InChI is InChI=1S/C15H27N5/c1-4-16-15-18-12(2)10-14(19-15)17-13(3)11-20-8-6-5-7-9-20/h10,13H,4-9,11H2,1-3H3,(H2,16,17,18,19). The smallest absolute Gasteiger partial charge is 0.224 e. The maximum Gasteiger partial charge on any atom is 0.224 e. The third-order valence-electron chi connectivity index (χ3n) is 3.56. The molecule has 1 fully saturated rings. The molecule has 2 rings (SSSR count). The molecule has 0 amide bonds. The van der Waals surface area contributed by atoms with Gasteiger partial charge in [0.05, 0.1) is 0 Å². The quantitative estimate of drug-likeness (QED) is 0.837. The van der Waals surface area contributed by atoms with Gasteiger partial charge in [0.2, 0.25) is 5.95 Å². The molecule has 1 saturated heterocycles. The largest absolute Gasteiger partial charge is 0.366 e. The van der Waals surface area contributed by atoms with Crippen LogP contribution in [0.25, 0.3) is 0 Å². The van der Waals surface area contributed by atoms with Crippen LogP contribution in [0, 0.1) is 6.92 Å². The molecule has 1 aliphatic heterocycles. The predicted molar refractivity (Wildman–Crippen MR) is 84.3 cm³/mol. The Hall–Kier alpha value is -1.36. The second-order valence-electron chi connectivity index (χ2n) is 5.66. The van der Waals surface area contributed by atoms with Gasteiger partial charge in [-0.15, -0.1) is 0 Å². The number of hydrogen-bond donors (Lipinski definition) is 2. The highest BCUT2D eigenvalue weighted by Crippen LogP contribution is 2.13. The highest BCUT2D eigenvalue weighted by Gasteiger charge is 2.14. The van der Waals surface area contributed by atoms with Crippen molar-refractivity contribution in [2.45, 2.75) is 46.1 Å². The average Bonchev–Trinajstić information content (AvgIpc) is 2.39. The van der Waals surface area contributed by atoms with E-state index in [1.807, 2.05) is 13.0 Å². The van der Waals surface area contributed by atoms with Crippen LogP contribution in [0.4, 0.5) is 11.8 Å². The van der Waals surface area contributed by atoms with E-state index in [1.165, 1.54) is 32.4 Å². The van der Waals surface area contributed by atoms with Gasteiger partial charge in [0, 0.05) is 30.9 Å². The monoisotopic (exact) mass is 277 g/mol. The number of rotatable bonds is 6. The van der Waals surface area contributed by atoms with Crippen molar-refractivity contribution < 1.29 is 0 Å². The first-order valence-corrected chi connectivity index (χ1v) is 7.76. The van der Waals surface area contributed by atoms with Crippen LogP contribution in [-0.2, 0) is 0 Å². The molecule has 20 heavy (non-hydrogen) atoms. The minimum atomic E-state index is 0.400. The number of hydrogen-bond acceptors (Lipinski definition) is 5. The highest BCUT2D eigenvalue weighted by molar-refractivity contribution is 5.42. The van der Waals surface area contributed by atoms with Crippen molar-refractivity contribution in [1.82, 2.24) is 14.9 Å². The predicted octanol–water partition coefficient (Wildman–Crippen LogP) is 2.50. The number of nitrogens with one attached hydrogen (secondary N) is 2. The number of aromatic nitrogens is 2. The van der Waals surface area contributed by atoms with Crippen molar-refractivity contribution in [2.24, 2.45) is 0 Å². The van der Waals surface area contributed by atoms with Gasteiger partial charge in [0.25, 0.3) is 0 Å². The SMILES string of the molecule is CCNc1nc(C)cc(NC(C)CN2CCCCC2)n1. The fourth-order valence-electron chi connectivity index (χ4n) is 2.71. The summed E-state index contributed by atoms with van der Waals surface area (Å²) in [4.78, 5) is 11.4. The molecule has 0 aliphatic carbocycles. The normalized spacial score (nSPS) is 17.8. The topological polar surface area (TPSA) is 53.1 Å². The first-order chi connectivity index (χ1) is 9.67. The van der Waals surface area contributed by atoms with E-state index in [0.29, 0.717) is 12.0 Å². The van der Waals surface area contributed by atoms with Crippen LogP contribution in [0.5, 0.6) is 0 Å². The molecule has 0 aromatic carbocycles. The molecular formula is C15H27N5. The van der Waals surface area contributed by atoms with E-state index in [4.69, 9.17) is 0 Å². The van der Waals surface area contributed by atoms with Crippen molar-refractivity contribution in [3.8, 4) is 0 Å². The van der Waals surface area contributed by atoms with E-state index < -0.39 is 0 Å². The molecule has 0 bridgehead atoms. The summed E-state index contributed by atoms with van der Waals surface area (Å²) in [5.74, 6) is 1.62. The molecule has 1 aliphatic rings. The molecule has 1 aromatic heterocycles. The summed E-state index contributed by atoms with van der Waals surface area (Å²) in [7, 11) is 0. The van der Waals surface area contributed by atoms with Gasteiger partial charge in [-0.1, -0.05) is 6.42 Å². The first kappa shape index (κ1) is 15.0. The zero-order valence-electron chi connectivity index (χ0n) is 12.9. The Balaban J connectivity index is 1.90. The van der Waals surface area contributed by atoms with Gasteiger partial charge in [-0.05, 0) is 46.7 Å². The lowest BCUT2D eigenvalue weighted by Crippen LogP contribution is -2.38. The van der Waals surface area contributed by atoms with Gasteiger partial charge in [-0.3, -0.25) is 0 Å². The summed E-state index contributed by atoms with van der Waals surface area (Å²) in [6.07, 6.45) is 4.06. The third kappa shape index (κ3) is 4.63. The molecule has 112 valence electrons. The van der Waals surface area contributed by atoms with E-state index in [0.717, 1.165) is 24.6 Å². The van der Waals surface area contributed by atoms with Crippen LogP contribution in [0.3, 0.4) is 0 Å². The Kier molecular flexibility index (Phi) is 5.59. The Labute approximate surface area is 122 Å². The van der Waals surface area contributed by atoms with Gasteiger partial charge in [-0.2, -0.15) is 4.98 Å². The molecule has 5 heteroatoms. The molecule has 0 spiro atoms. The molecule has 0 saturated carbocycles. The Morgan fingerprint density at radius 1 is 1.25 bits per heavy atom. The van der Waals surface area contributed by atoms with E-state index in [1.54, 1.807) is 0 Å². The maximum atomic E-state index is 4.50. The fourth-order valence-corrected chi connectivity index (χ4v) is 2.71. The molecule has 2 heterocycles. The lowest BCUT2D eigenvalue weighted by atomic mass is 10.1. The summed E-state index contributed by atoms with van der Waals surface area (Å²) in [5.41, 5.74) is 0.989. The molecule has 5 nitrogen and oxygen atoms in total. The van der Waals surface area contributed by atoms with E-state index in [-0.39, 0.29) is 0 Å². The first-order valence-electron chi connectivity index (χ1n) is 7.76. The lowest BCUT2D eigenvalue weighted by Gasteiger charge is -2.29. The minimum absolute atomic E-state index is 0.400. The number of likely N-dealkylation sites (tertiary alicyclic amines) is 1. The lowest BCUT2D eigenvalue weighted by molar-refractivity contribution is 0.223. The van der Waals surface area contributed by atoms with Crippen LogP contribution >= 0.6 is 0 Å². The zero-order chi connectivity index (χ0) is 14.4. The van der Waals surface area contributed by atoms with E-state index in [9.17, 15) is 0 Å². The van der Waals surface area contributed by atoms with Crippen molar-refractivity contribution >= 4 is 11.8 Å². The molecule has 2 N–H and O–H groups in total. The maximum absolute atomic E-state index is 4.50. The van der Waals surface area contributed by atoms with Gasteiger partial charge in [-0.25, -0.2) is 4.98 Å². The van der Waals surface area contributed by atoms with Gasteiger partial charge >= 0.3 is 0 Å². The molecular weight excluding hydrogens is 250 g/mol. The van der Waals surface area contributed by atoms with Crippen molar-refractivity contribution in [3.05, 3.63) is 11.8 Å². The minimum Gasteiger partial charge on any atom is -0.366 e. The number of piperidine rings is 1. The summed E-state index contributed by atoms with van der Waals surface area (Å²) < 4.78 is 0. The fraction of sp³-hybridized carbons (Fsp3) is 0.733. The summed E-state index contributed by atoms with van der Waals surface area (Å²) in [6, 6.07) is 2.41. The van der Waals surface area contributed by atoms with Crippen LogP contribution in [0.2, 0.25) is 0 Å². The van der Waals surface area contributed by atoms with Gasteiger partial charge in [0.1, 0.15) is 5.82 Å². The Morgan fingerprint density at radius 3 is 2.70 bits per heavy atom. The van der Waals surface area contributed by atoms with Crippen molar-refractivity contribution in [3.63, 3.8) is 0 Å². The second-order valence-corrected chi connectivity index (χ2v) is 5.66. The summed E-state index contributed by atoms with van der Waals surface area (Å²) >= 11 is 0. The van der Waals surface area contributed by atoms with Crippen LogP contribution in [-0.4, -0.2) is 47.1 Å².